The molecule has 20 heavy (non-hydrogen) atoms. The van der Waals surface area contributed by atoms with Crippen molar-refractivity contribution in [2.45, 2.75) is 11.8 Å². The van der Waals surface area contributed by atoms with Gasteiger partial charge >= 0.3 is 5.69 Å². The van der Waals surface area contributed by atoms with E-state index in [4.69, 9.17) is 16.3 Å². The SMILES string of the molecule is COc1cc(S(=O)(=O)CC(C)CCl)c(F)cc1[N+](=O)[O-]. The van der Waals surface area contributed by atoms with Gasteiger partial charge in [0, 0.05) is 11.9 Å². The van der Waals surface area contributed by atoms with Crippen molar-refractivity contribution in [1.29, 1.82) is 0 Å². The average Bonchev–Trinajstić information content (AvgIpc) is 2.37. The van der Waals surface area contributed by atoms with Gasteiger partial charge in [-0.15, -0.1) is 11.6 Å². The van der Waals surface area contributed by atoms with Gasteiger partial charge in [-0.05, 0) is 5.92 Å². The van der Waals surface area contributed by atoms with Gasteiger partial charge < -0.3 is 4.74 Å². The zero-order valence-corrected chi connectivity index (χ0v) is 12.4. The summed E-state index contributed by atoms with van der Waals surface area (Å²) < 4.78 is 42.6. The van der Waals surface area contributed by atoms with E-state index in [1.54, 1.807) is 6.92 Å². The molecular weight excluding hydrogens is 313 g/mol. The Morgan fingerprint density at radius 1 is 1.50 bits per heavy atom. The summed E-state index contributed by atoms with van der Waals surface area (Å²) >= 11 is 5.54. The van der Waals surface area contributed by atoms with Crippen LogP contribution in [0.1, 0.15) is 6.92 Å². The van der Waals surface area contributed by atoms with Crippen LogP contribution in [0.4, 0.5) is 10.1 Å². The number of hydrogen-bond acceptors (Lipinski definition) is 5. The monoisotopic (exact) mass is 325 g/mol. The molecule has 9 heteroatoms. The summed E-state index contributed by atoms with van der Waals surface area (Å²) in [6, 6.07) is 1.36. The van der Waals surface area contributed by atoms with Crippen molar-refractivity contribution in [1.82, 2.24) is 0 Å². The topological polar surface area (TPSA) is 86.5 Å². The molecule has 1 atom stereocenters. The first-order valence-corrected chi connectivity index (χ1v) is 7.72. The summed E-state index contributed by atoms with van der Waals surface area (Å²) in [5.74, 6) is -2.12. The first-order valence-electron chi connectivity index (χ1n) is 5.53. The molecule has 1 unspecified atom stereocenters. The van der Waals surface area contributed by atoms with Crippen molar-refractivity contribution in [3.63, 3.8) is 0 Å². The van der Waals surface area contributed by atoms with Crippen LogP contribution in [0.5, 0.6) is 5.75 Å². The van der Waals surface area contributed by atoms with E-state index in [2.05, 4.69) is 0 Å². The fourth-order valence-corrected chi connectivity index (χ4v) is 3.51. The number of nitrogens with zero attached hydrogens (tertiary/aromatic N) is 1. The van der Waals surface area contributed by atoms with E-state index in [0.29, 0.717) is 6.07 Å². The molecule has 0 radical (unpaired) electrons. The molecule has 1 rings (SSSR count). The van der Waals surface area contributed by atoms with Crippen LogP contribution in [0.2, 0.25) is 0 Å². The molecule has 1 aromatic carbocycles. The van der Waals surface area contributed by atoms with Crippen molar-refractivity contribution >= 4 is 27.1 Å². The van der Waals surface area contributed by atoms with Gasteiger partial charge in [0.2, 0.25) is 0 Å². The van der Waals surface area contributed by atoms with Crippen LogP contribution < -0.4 is 4.74 Å². The second-order valence-corrected chi connectivity index (χ2v) is 6.56. The molecular formula is C11H13ClFNO5S. The van der Waals surface area contributed by atoms with Gasteiger partial charge in [-0.2, -0.15) is 0 Å². The van der Waals surface area contributed by atoms with E-state index in [1.807, 2.05) is 0 Å². The Hall–Kier alpha value is -1.41. The third-order valence-electron chi connectivity index (χ3n) is 2.53. The van der Waals surface area contributed by atoms with E-state index in [1.165, 1.54) is 0 Å². The van der Waals surface area contributed by atoms with Gasteiger partial charge in [-0.1, -0.05) is 6.92 Å². The molecule has 0 aliphatic rings. The van der Waals surface area contributed by atoms with Gasteiger partial charge in [-0.3, -0.25) is 10.1 Å². The van der Waals surface area contributed by atoms with Gasteiger partial charge in [0.1, 0.15) is 10.7 Å². The summed E-state index contributed by atoms with van der Waals surface area (Å²) in [7, 11) is -2.80. The number of halogens is 2. The number of rotatable bonds is 6. The normalized spacial score (nSPS) is 13.0. The highest BCUT2D eigenvalue weighted by molar-refractivity contribution is 7.91. The molecule has 0 amide bonds. The molecule has 6 nitrogen and oxygen atoms in total. The molecule has 0 saturated heterocycles. The van der Waals surface area contributed by atoms with Gasteiger partial charge in [0.15, 0.2) is 15.6 Å². The van der Waals surface area contributed by atoms with Crippen LogP contribution in [0.3, 0.4) is 0 Å². The summed E-state index contributed by atoms with van der Waals surface area (Å²) in [4.78, 5) is 9.23. The number of methoxy groups -OCH3 is 1. The van der Waals surface area contributed by atoms with Crippen molar-refractivity contribution in [2.24, 2.45) is 5.92 Å². The standard InChI is InChI=1S/C11H13ClFNO5S/c1-7(5-12)6-20(17,18)11-4-10(19-2)9(14(15)16)3-8(11)13/h3-4,7H,5-6H2,1-2H3. The molecule has 0 bridgehead atoms. The van der Waals surface area contributed by atoms with Gasteiger partial charge in [-0.25, -0.2) is 12.8 Å². The second kappa shape index (κ2) is 6.36. The molecule has 0 aromatic heterocycles. The van der Waals surface area contributed by atoms with Gasteiger partial charge in [0.05, 0.1) is 23.9 Å². The van der Waals surface area contributed by atoms with E-state index < -0.39 is 31.2 Å². The maximum absolute atomic E-state index is 13.8. The summed E-state index contributed by atoms with van der Waals surface area (Å²) in [5.41, 5.74) is -0.630. The molecule has 0 N–H and O–H groups in total. The molecule has 0 heterocycles. The van der Waals surface area contributed by atoms with Crippen LogP contribution in [0.15, 0.2) is 17.0 Å². The Balaban J connectivity index is 3.36. The molecule has 0 aliphatic carbocycles. The molecule has 0 spiro atoms. The van der Waals surface area contributed by atoms with Crippen molar-refractivity contribution in [3.8, 4) is 5.75 Å². The Bertz CT molecular complexity index is 619. The van der Waals surface area contributed by atoms with Crippen molar-refractivity contribution in [3.05, 3.63) is 28.1 Å². The highest BCUT2D eigenvalue weighted by Crippen LogP contribution is 2.32. The van der Waals surface area contributed by atoms with E-state index in [9.17, 15) is 22.9 Å². The number of hydrogen-bond donors (Lipinski definition) is 0. The number of nitro groups is 1. The smallest absolute Gasteiger partial charge is 0.313 e. The average molecular weight is 326 g/mol. The molecule has 0 fully saturated rings. The van der Waals surface area contributed by atoms with Crippen molar-refractivity contribution in [2.75, 3.05) is 18.7 Å². The number of sulfone groups is 1. The van der Waals surface area contributed by atoms with Crippen LogP contribution >= 0.6 is 11.6 Å². The van der Waals surface area contributed by atoms with E-state index in [-0.39, 0.29) is 23.3 Å². The predicted molar refractivity (Wildman–Crippen MR) is 71.5 cm³/mol. The quantitative estimate of drug-likeness (QED) is 0.455. The number of alkyl halides is 1. The fourth-order valence-electron chi connectivity index (χ4n) is 1.58. The molecule has 0 aliphatic heterocycles. The van der Waals surface area contributed by atoms with Crippen LogP contribution in [0.25, 0.3) is 0 Å². The Morgan fingerprint density at radius 2 is 2.10 bits per heavy atom. The molecule has 112 valence electrons. The first-order chi connectivity index (χ1) is 9.22. The lowest BCUT2D eigenvalue weighted by molar-refractivity contribution is -0.386. The number of ether oxygens (including phenoxy) is 1. The Morgan fingerprint density at radius 3 is 2.55 bits per heavy atom. The minimum atomic E-state index is -3.94. The minimum Gasteiger partial charge on any atom is -0.490 e. The summed E-state index contributed by atoms with van der Waals surface area (Å²) in [5, 5.41) is 10.7. The van der Waals surface area contributed by atoms with E-state index in [0.717, 1.165) is 13.2 Å². The number of benzene rings is 1. The zero-order chi connectivity index (χ0) is 15.5. The largest absolute Gasteiger partial charge is 0.490 e. The highest BCUT2D eigenvalue weighted by Gasteiger charge is 2.27. The maximum atomic E-state index is 13.8. The second-order valence-electron chi connectivity index (χ2n) is 4.25. The highest BCUT2D eigenvalue weighted by atomic mass is 35.5. The lowest BCUT2D eigenvalue weighted by Crippen LogP contribution is -2.16. The summed E-state index contributed by atoms with van der Waals surface area (Å²) in [6.45, 7) is 1.60. The molecule has 0 saturated carbocycles. The first kappa shape index (κ1) is 16.6. The van der Waals surface area contributed by atoms with E-state index >= 15 is 0 Å². The minimum absolute atomic E-state index is 0.102. The lowest BCUT2D eigenvalue weighted by Gasteiger charge is -2.11. The lowest BCUT2D eigenvalue weighted by atomic mass is 10.3. The fraction of sp³-hybridized carbons (Fsp3) is 0.455. The third-order valence-corrected chi connectivity index (χ3v) is 5.05. The Kier molecular flexibility index (Phi) is 5.29. The molecule has 1 aromatic rings. The van der Waals surface area contributed by atoms with Crippen LogP contribution in [0, 0.1) is 21.8 Å². The van der Waals surface area contributed by atoms with Crippen LogP contribution in [-0.4, -0.2) is 32.1 Å². The maximum Gasteiger partial charge on any atom is 0.313 e. The summed E-state index contributed by atoms with van der Waals surface area (Å²) in [6.07, 6.45) is 0. The van der Waals surface area contributed by atoms with Crippen molar-refractivity contribution < 1.29 is 22.5 Å². The predicted octanol–water partition coefficient (Wildman–Crippen LogP) is 2.39. The Labute approximate surface area is 120 Å². The third kappa shape index (κ3) is 3.57. The van der Waals surface area contributed by atoms with Crippen LogP contribution in [-0.2, 0) is 9.84 Å². The van der Waals surface area contributed by atoms with Gasteiger partial charge in [0.25, 0.3) is 0 Å². The number of nitro benzene ring substituents is 1. The zero-order valence-electron chi connectivity index (χ0n) is 10.8.